The summed E-state index contributed by atoms with van der Waals surface area (Å²) in [5, 5.41) is 11.1. The minimum Gasteiger partial charge on any atom is -0.478 e. The molecule has 0 aliphatic carbocycles. The monoisotopic (exact) mass is 182 g/mol. The first-order valence-electron chi connectivity index (χ1n) is 3.68. The van der Waals surface area contributed by atoms with Crippen molar-refractivity contribution in [1.82, 2.24) is 9.88 Å². The van der Waals surface area contributed by atoms with Crippen molar-refractivity contribution in [2.24, 2.45) is 7.05 Å². The number of nitrogens with zero attached hydrogens (tertiary/aromatic N) is 1. The van der Waals surface area contributed by atoms with Crippen LogP contribution in [-0.4, -0.2) is 28.6 Å². The van der Waals surface area contributed by atoms with Crippen LogP contribution in [0.4, 0.5) is 0 Å². The minimum atomic E-state index is -1.10. The molecule has 0 fully saturated rings. The van der Waals surface area contributed by atoms with Crippen LogP contribution in [0, 0.1) is 0 Å². The molecule has 1 rings (SSSR count). The van der Waals surface area contributed by atoms with Gasteiger partial charge < -0.3 is 15.0 Å². The Morgan fingerprint density at radius 3 is 2.62 bits per heavy atom. The molecule has 0 aliphatic heterocycles. The number of carboxylic acids is 1. The van der Waals surface area contributed by atoms with Gasteiger partial charge in [-0.1, -0.05) is 0 Å². The zero-order valence-electron chi connectivity index (χ0n) is 7.37. The van der Waals surface area contributed by atoms with Gasteiger partial charge in [0.1, 0.15) is 5.69 Å². The fourth-order valence-electron chi connectivity index (χ4n) is 1.10. The Balaban J connectivity index is 3.24. The van der Waals surface area contributed by atoms with Crippen LogP contribution in [0.15, 0.2) is 12.3 Å². The Morgan fingerprint density at radius 2 is 2.15 bits per heavy atom. The standard InChI is InChI=1S/C8H10N2O3/c1-9-7(11)6-5(8(12)13)3-4-10(6)2/h3-4H,1-2H3,(H,9,11)(H,12,13). The average molecular weight is 182 g/mol. The highest BCUT2D eigenvalue weighted by molar-refractivity contribution is 6.03. The molecule has 0 spiro atoms. The van der Waals surface area contributed by atoms with Gasteiger partial charge in [-0.25, -0.2) is 4.79 Å². The summed E-state index contributed by atoms with van der Waals surface area (Å²) in [5.74, 6) is -1.50. The second-order valence-electron chi connectivity index (χ2n) is 2.57. The molecule has 5 nitrogen and oxygen atoms in total. The molecule has 1 aromatic rings. The van der Waals surface area contributed by atoms with Gasteiger partial charge >= 0.3 is 5.97 Å². The van der Waals surface area contributed by atoms with E-state index in [1.165, 1.54) is 23.9 Å². The van der Waals surface area contributed by atoms with Gasteiger partial charge in [-0.05, 0) is 6.07 Å². The van der Waals surface area contributed by atoms with Crippen molar-refractivity contribution in [3.63, 3.8) is 0 Å². The summed E-state index contributed by atoms with van der Waals surface area (Å²) in [6.07, 6.45) is 1.54. The van der Waals surface area contributed by atoms with Crippen LogP contribution in [0.3, 0.4) is 0 Å². The van der Waals surface area contributed by atoms with E-state index in [-0.39, 0.29) is 11.3 Å². The van der Waals surface area contributed by atoms with Crippen molar-refractivity contribution >= 4 is 11.9 Å². The molecule has 0 unspecified atom stereocenters. The molecular formula is C8H10N2O3. The van der Waals surface area contributed by atoms with Gasteiger partial charge in [0.25, 0.3) is 5.91 Å². The van der Waals surface area contributed by atoms with E-state index < -0.39 is 11.9 Å². The molecule has 0 radical (unpaired) electrons. The second-order valence-corrected chi connectivity index (χ2v) is 2.57. The lowest BCUT2D eigenvalue weighted by Crippen LogP contribution is -2.23. The predicted molar refractivity (Wildman–Crippen MR) is 45.8 cm³/mol. The topological polar surface area (TPSA) is 71.3 Å². The van der Waals surface area contributed by atoms with E-state index in [0.29, 0.717) is 0 Å². The molecule has 0 saturated heterocycles. The van der Waals surface area contributed by atoms with E-state index in [1.807, 2.05) is 0 Å². The van der Waals surface area contributed by atoms with E-state index in [9.17, 15) is 9.59 Å². The van der Waals surface area contributed by atoms with E-state index in [0.717, 1.165) is 0 Å². The number of aromatic carboxylic acids is 1. The van der Waals surface area contributed by atoms with Crippen molar-refractivity contribution in [3.05, 3.63) is 23.5 Å². The van der Waals surface area contributed by atoms with Crippen LogP contribution in [-0.2, 0) is 7.05 Å². The Kier molecular flexibility index (Phi) is 2.36. The van der Waals surface area contributed by atoms with Gasteiger partial charge in [0.15, 0.2) is 0 Å². The van der Waals surface area contributed by atoms with Crippen LogP contribution in [0.5, 0.6) is 0 Å². The minimum absolute atomic E-state index is 0.0156. The number of rotatable bonds is 2. The number of nitrogens with one attached hydrogen (secondary N) is 1. The number of carboxylic acid groups (broad SMARTS) is 1. The Labute approximate surface area is 75.0 Å². The first kappa shape index (κ1) is 9.31. The zero-order valence-corrected chi connectivity index (χ0v) is 7.37. The quantitative estimate of drug-likeness (QED) is 0.680. The Morgan fingerprint density at radius 1 is 1.54 bits per heavy atom. The summed E-state index contributed by atoms with van der Waals surface area (Å²) in [7, 11) is 3.08. The summed E-state index contributed by atoms with van der Waals surface area (Å²) in [6, 6.07) is 1.40. The summed E-state index contributed by atoms with van der Waals surface area (Å²) in [6.45, 7) is 0. The molecule has 5 heteroatoms. The third-order valence-electron chi connectivity index (χ3n) is 1.75. The van der Waals surface area contributed by atoms with E-state index in [4.69, 9.17) is 5.11 Å². The van der Waals surface area contributed by atoms with Crippen LogP contribution in [0.1, 0.15) is 20.8 Å². The largest absolute Gasteiger partial charge is 0.478 e. The van der Waals surface area contributed by atoms with Crippen LogP contribution >= 0.6 is 0 Å². The summed E-state index contributed by atoms with van der Waals surface area (Å²) < 4.78 is 1.47. The smallest absolute Gasteiger partial charge is 0.338 e. The van der Waals surface area contributed by atoms with Crippen LogP contribution in [0.2, 0.25) is 0 Å². The molecule has 2 N–H and O–H groups in total. The maximum absolute atomic E-state index is 11.2. The SMILES string of the molecule is CNC(=O)c1c(C(=O)O)ccn1C. The molecule has 0 bridgehead atoms. The van der Waals surface area contributed by atoms with E-state index in [1.54, 1.807) is 7.05 Å². The maximum Gasteiger partial charge on any atom is 0.338 e. The van der Waals surface area contributed by atoms with Crippen molar-refractivity contribution in [2.75, 3.05) is 7.05 Å². The zero-order chi connectivity index (χ0) is 10.0. The van der Waals surface area contributed by atoms with E-state index >= 15 is 0 Å². The van der Waals surface area contributed by atoms with Crippen molar-refractivity contribution in [3.8, 4) is 0 Å². The number of aryl methyl sites for hydroxylation is 1. The number of amides is 1. The molecule has 1 heterocycles. The average Bonchev–Trinajstić information content (AvgIpc) is 2.46. The Hall–Kier alpha value is -1.78. The number of hydrogen-bond donors (Lipinski definition) is 2. The predicted octanol–water partition coefficient (Wildman–Crippen LogP) is 0.0829. The highest BCUT2D eigenvalue weighted by Crippen LogP contribution is 2.09. The number of carbonyl (C=O) groups is 2. The number of aromatic nitrogens is 1. The summed E-state index contributed by atoms with van der Waals surface area (Å²) in [4.78, 5) is 21.9. The molecule has 0 aromatic carbocycles. The van der Waals surface area contributed by atoms with Gasteiger partial charge in [-0.2, -0.15) is 0 Å². The maximum atomic E-state index is 11.2. The first-order chi connectivity index (χ1) is 6.07. The lowest BCUT2D eigenvalue weighted by Gasteiger charge is -2.02. The third-order valence-corrected chi connectivity index (χ3v) is 1.75. The summed E-state index contributed by atoms with van der Waals surface area (Å²) >= 11 is 0. The molecular weight excluding hydrogens is 172 g/mol. The second kappa shape index (κ2) is 3.30. The van der Waals surface area contributed by atoms with E-state index in [2.05, 4.69) is 5.32 Å². The van der Waals surface area contributed by atoms with Gasteiger partial charge in [0.05, 0.1) is 5.56 Å². The van der Waals surface area contributed by atoms with Gasteiger partial charge in [0, 0.05) is 20.3 Å². The molecule has 0 aliphatic rings. The number of hydrogen-bond acceptors (Lipinski definition) is 2. The fraction of sp³-hybridized carbons (Fsp3) is 0.250. The Bertz CT molecular complexity index is 354. The van der Waals surface area contributed by atoms with Crippen molar-refractivity contribution < 1.29 is 14.7 Å². The van der Waals surface area contributed by atoms with Gasteiger partial charge in [-0.15, -0.1) is 0 Å². The molecule has 13 heavy (non-hydrogen) atoms. The lowest BCUT2D eigenvalue weighted by atomic mass is 10.2. The lowest BCUT2D eigenvalue weighted by molar-refractivity contribution is 0.0690. The normalized spacial score (nSPS) is 9.69. The number of carbonyl (C=O) groups excluding carboxylic acids is 1. The fourth-order valence-corrected chi connectivity index (χ4v) is 1.10. The third kappa shape index (κ3) is 1.53. The van der Waals surface area contributed by atoms with Crippen molar-refractivity contribution in [1.29, 1.82) is 0 Å². The van der Waals surface area contributed by atoms with Gasteiger partial charge in [0.2, 0.25) is 0 Å². The highest BCUT2D eigenvalue weighted by Gasteiger charge is 2.18. The highest BCUT2D eigenvalue weighted by atomic mass is 16.4. The molecule has 0 saturated carbocycles. The molecule has 0 atom stereocenters. The molecule has 1 amide bonds. The van der Waals surface area contributed by atoms with Crippen molar-refractivity contribution in [2.45, 2.75) is 0 Å². The first-order valence-corrected chi connectivity index (χ1v) is 3.68. The van der Waals surface area contributed by atoms with Gasteiger partial charge in [-0.3, -0.25) is 4.79 Å². The van der Waals surface area contributed by atoms with Crippen LogP contribution < -0.4 is 5.32 Å². The summed E-state index contributed by atoms with van der Waals surface area (Å²) in [5.41, 5.74) is 0.178. The molecule has 1 aromatic heterocycles. The molecule has 70 valence electrons. The van der Waals surface area contributed by atoms with Crippen LogP contribution in [0.25, 0.3) is 0 Å².